The number of amides is 1. The van der Waals surface area contributed by atoms with Gasteiger partial charge in [0, 0.05) is 56.9 Å². The van der Waals surface area contributed by atoms with Gasteiger partial charge in [-0.15, -0.1) is 11.3 Å². The van der Waals surface area contributed by atoms with E-state index in [1.807, 2.05) is 4.90 Å². The van der Waals surface area contributed by atoms with Gasteiger partial charge in [0.1, 0.15) is 16.1 Å². The second kappa shape index (κ2) is 8.24. The van der Waals surface area contributed by atoms with Gasteiger partial charge < -0.3 is 15.5 Å². The van der Waals surface area contributed by atoms with E-state index in [2.05, 4.69) is 19.9 Å². The van der Waals surface area contributed by atoms with Crippen molar-refractivity contribution in [3.8, 4) is 10.6 Å². The highest BCUT2D eigenvalue weighted by Gasteiger charge is 2.30. The van der Waals surface area contributed by atoms with Gasteiger partial charge in [-0.3, -0.25) is 9.79 Å². The summed E-state index contributed by atoms with van der Waals surface area (Å²) < 4.78 is 13.6. The number of anilines is 1. The molecule has 0 bridgehead atoms. The molecule has 2 aromatic heterocycles. The first-order valence-electron chi connectivity index (χ1n) is 9.47. The van der Waals surface area contributed by atoms with Gasteiger partial charge in [0.15, 0.2) is 0 Å². The summed E-state index contributed by atoms with van der Waals surface area (Å²) in [5.41, 5.74) is 7.73. The Kier molecular flexibility index (Phi) is 5.52. The second-order valence-corrected chi connectivity index (χ2v) is 7.94. The quantitative estimate of drug-likeness (QED) is 0.767. The minimum atomic E-state index is -0.836. The second-order valence-electron chi connectivity index (χ2n) is 6.94. The fourth-order valence-corrected chi connectivity index (χ4v) is 4.57. The topological polar surface area (TPSA) is 101 Å². The van der Waals surface area contributed by atoms with Crippen LogP contribution in [0.25, 0.3) is 10.6 Å². The van der Waals surface area contributed by atoms with Gasteiger partial charge in [-0.1, -0.05) is 0 Å². The lowest BCUT2D eigenvalue weighted by molar-refractivity contribution is 0.0805. The summed E-state index contributed by atoms with van der Waals surface area (Å²) in [5, 5.41) is 0.696. The third kappa shape index (κ3) is 3.84. The molecule has 1 fully saturated rings. The fraction of sp³-hybridized carbons (Fsp3) is 0.421. The molecule has 152 valence electrons. The molecule has 1 amide bonds. The Morgan fingerprint density at radius 2 is 2.17 bits per heavy atom. The molecule has 4 heterocycles. The predicted molar refractivity (Wildman–Crippen MR) is 111 cm³/mol. The molecule has 2 aliphatic rings. The van der Waals surface area contributed by atoms with Crippen LogP contribution in [0, 0.1) is 0 Å². The number of aromatic nitrogens is 3. The summed E-state index contributed by atoms with van der Waals surface area (Å²) in [7, 11) is 1.63. The lowest BCUT2D eigenvalue weighted by Crippen LogP contribution is -2.37. The first-order chi connectivity index (χ1) is 14.1. The molecule has 10 heteroatoms. The Labute approximate surface area is 172 Å². The van der Waals surface area contributed by atoms with Crippen LogP contribution in [0.4, 0.5) is 10.3 Å². The molecule has 2 N–H and O–H groups in total. The Bertz CT molecular complexity index is 956. The van der Waals surface area contributed by atoms with Crippen LogP contribution < -0.4 is 10.6 Å². The molecule has 2 aliphatic heterocycles. The monoisotopic (exact) mass is 415 g/mol. The maximum Gasteiger partial charge on any atom is 0.270 e. The Morgan fingerprint density at radius 3 is 2.86 bits per heavy atom. The first-order valence-corrected chi connectivity index (χ1v) is 10.3. The zero-order chi connectivity index (χ0) is 20.4. The Morgan fingerprint density at radius 1 is 1.38 bits per heavy atom. The third-order valence-electron chi connectivity index (χ3n) is 4.98. The minimum absolute atomic E-state index is 0.133. The van der Waals surface area contributed by atoms with Gasteiger partial charge in [-0.05, 0) is 12.8 Å². The van der Waals surface area contributed by atoms with Gasteiger partial charge in [-0.2, -0.15) is 0 Å². The van der Waals surface area contributed by atoms with E-state index in [1.54, 1.807) is 30.6 Å². The van der Waals surface area contributed by atoms with Crippen molar-refractivity contribution in [1.29, 1.82) is 0 Å². The van der Waals surface area contributed by atoms with E-state index in [0.29, 0.717) is 47.5 Å². The lowest BCUT2D eigenvalue weighted by atomic mass is 10.1. The molecule has 0 aromatic carbocycles. The van der Waals surface area contributed by atoms with Gasteiger partial charge in [0.05, 0.1) is 17.9 Å². The van der Waals surface area contributed by atoms with Gasteiger partial charge in [0.25, 0.3) is 5.91 Å². The summed E-state index contributed by atoms with van der Waals surface area (Å²) >= 11 is 1.32. The lowest BCUT2D eigenvalue weighted by Gasteiger charge is -2.28. The van der Waals surface area contributed by atoms with Gasteiger partial charge in [-0.25, -0.2) is 19.3 Å². The van der Waals surface area contributed by atoms with Crippen molar-refractivity contribution in [3.63, 3.8) is 0 Å². The van der Waals surface area contributed by atoms with E-state index in [-0.39, 0.29) is 5.91 Å². The number of thiazole rings is 1. The zero-order valence-electron chi connectivity index (χ0n) is 16.1. The number of hydrogen-bond acceptors (Lipinski definition) is 8. The molecule has 0 saturated carbocycles. The number of carbonyl (C=O) groups is 1. The first kappa shape index (κ1) is 19.4. The number of aliphatic imine (C=N–C) groups is 1. The maximum atomic E-state index is 13.6. The minimum Gasteiger partial charge on any atom is -0.403 e. The number of nitrogens with two attached hydrogens (primary N) is 1. The van der Waals surface area contributed by atoms with E-state index in [0.717, 1.165) is 24.2 Å². The van der Waals surface area contributed by atoms with E-state index in [9.17, 15) is 9.18 Å². The Balaban J connectivity index is 1.55. The van der Waals surface area contributed by atoms with Crippen LogP contribution in [0.2, 0.25) is 0 Å². The highest BCUT2D eigenvalue weighted by Crippen LogP contribution is 2.32. The van der Waals surface area contributed by atoms with Crippen molar-refractivity contribution >= 4 is 29.4 Å². The number of allylic oxidation sites excluding steroid dienone is 1. The van der Waals surface area contributed by atoms with E-state index >= 15 is 0 Å². The van der Waals surface area contributed by atoms with E-state index in [4.69, 9.17) is 5.73 Å². The standard InChI is InChI=1S/C19H22FN7OS/c1-22-10-14(7-21)27-6-4-15-16(18(27)28)29-17(25-15)12-8-23-19(24-9-12)26-5-2-3-13(20)11-26/h7-10,13H,2-6,11,21H2,1H3/b14-7+,22-10?/t13-/m0/s1. The largest absolute Gasteiger partial charge is 0.403 e. The molecule has 4 rings (SSSR count). The van der Waals surface area contributed by atoms with Crippen molar-refractivity contribution in [2.75, 3.05) is 31.6 Å². The number of piperidine rings is 1. The number of alkyl halides is 1. The van der Waals surface area contributed by atoms with E-state index < -0.39 is 6.17 Å². The van der Waals surface area contributed by atoms with Crippen LogP contribution in [-0.4, -0.2) is 64.8 Å². The van der Waals surface area contributed by atoms with Crippen molar-refractivity contribution in [2.45, 2.75) is 25.4 Å². The summed E-state index contributed by atoms with van der Waals surface area (Å²) in [6.45, 7) is 1.58. The number of carbonyl (C=O) groups excluding carboxylic acids is 1. The Hall–Kier alpha value is -2.88. The molecule has 0 radical (unpaired) electrons. The molecule has 0 unspecified atom stereocenters. The maximum absolute atomic E-state index is 13.6. The number of rotatable bonds is 4. The van der Waals surface area contributed by atoms with Gasteiger partial charge >= 0.3 is 0 Å². The summed E-state index contributed by atoms with van der Waals surface area (Å²) in [6, 6.07) is 0. The van der Waals surface area contributed by atoms with Crippen molar-refractivity contribution in [1.82, 2.24) is 19.9 Å². The average molecular weight is 415 g/mol. The highest BCUT2D eigenvalue weighted by atomic mass is 32.1. The van der Waals surface area contributed by atoms with Crippen LogP contribution in [0.1, 0.15) is 28.2 Å². The van der Waals surface area contributed by atoms with Crippen molar-refractivity contribution in [2.24, 2.45) is 10.7 Å². The van der Waals surface area contributed by atoms with Crippen molar-refractivity contribution in [3.05, 3.63) is 34.9 Å². The third-order valence-corrected chi connectivity index (χ3v) is 6.12. The average Bonchev–Trinajstić information content (AvgIpc) is 3.18. The van der Waals surface area contributed by atoms with Crippen LogP contribution in [0.5, 0.6) is 0 Å². The van der Waals surface area contributed by atoms with Crippen LogP contribution in [0.15, 0.2) is 29.3 Å². The van der Waals surface area contributed by atoms with Crippen LogP contribution >= 0.6 is 11.3 Å². The predicted octanol–water partition coefficient (Wildman–Crippen LogP) is 2.04. The smallest absolute Gasteiger partial charge is 0.270 e. The molecule has 1 atom stereocenters. The number of hydrogen-bond donors (Lipinski definition) is 1. The molecule has 0 aliphatic carbocycles. The van der Waals surface area contributed by atoms with Gasteiger partial charge in [0.2, 0.25) is 5.95 Å². The summed E-state index contributed by atoms with van der Waals surface area (Å²) in [6.07, 6.45) is 7.51. The molecular weight excluding hydrogens is 393 g/mol. The number of fused-ring (bicyclic) bond motifs is 1. The molecule has 0 spiro atoms. The number of halogens is 1. The summed E-state index contributed by atoms with van der Waals surface area (Å²) in [4.78, 5) is 34.3. The molecule has 1 saturated heterocycles. The zero-order valence-corrected chi connectivity index (χ0v) is 16.9. The molecule has 8 nitrogen and oxygen atoms in total. The van der Waals surface area contributed by atoms with Crippen LogP contribution in [0.3, 0.4) is 0 Å². The molecule has 2 aromatic rings. The van der Waals surface area contributed by atoms with Crippen LogP contribution in [-0.2, 0) is 6.42 Å². The summed E-state index contributed by atoms with van der Waals surface area (Å²) in [5.74, 6) is 0.391. The molecular formula is C19H22FN7OS. The normalized spacial score (nSPS) is 20.4. The highest BCUT2D eigenvalue weighted by molar-refractivity contribution is 7.17. The SMILES string of the molecule is CN=C/C(=C\N)N1CCc2nc(-c3cnc(N4CCC[C@H](F)C4)nc3)sc2C1=O. The fourth-order valence-electron chi connectivity index (χ4n) is 3.54. The van der Waals surface area contributed by atoms with E-state index in [1.165, 1.54) is 17.5 Å². The molecule has 29 heavy (non-hydrogen) atoms. The number of nitrogens with zero attached hydrogens (tertiary/aromatic N) is 6. The van der Waals surface area contributed by atoms with Crippen molar-refractivity contribution < 1.29 is 9.18 Å².